The van der Waals surface area contributed by atoms with E-state index in [9.17, 15) is 4.79 Å². The monoisotopic (exact) mass is 194 g/mol. The van der Waals surface area contributed by atoms with Crippen molar-refractivity contribution in [3.63, 3.8) is 0 Å². The molecule has 0 amide bonds. The SMILES string of the molecule is CCC1C(=O)CC1c1ccc(C)s1. The smallest absolute Gasteiger partial charge is 0.137 e. The summed E-state index contributed by atoms with van der Waals surface area (Å²) in [5.74, 6) is 1.31. The highest BCUT2D eigenvalue weighted by Crippen LogP contribution is 2.43. The van der Waals surface area contributed by atoms with E-state index in [2.05, 4.69) is 26.0 Å². The average molecular weight is 194 g/mol. The van der Waals surface area contributed by atoms with Gasteiger partial charge in [-0.3, -0.25) is 4.79 Å². The van der Waals surface area contributed by atoms with Gasteiger partial charge in [0.2, 0.25) is 0 Å². The lowest BCUT2D eigenvalue weighted by atomic mass is 9.70. The van der Waals surface area contributed by atoms with E-state index in [1.165, 1.54) is 9.75 Å². The molecular formula is C11H14OS. The van der Waals surface area contributed by atoms with Gasteiger partial charge in [-0.15, -0.1) is 11.3 Å². The molecular weight excluding hydrogens is 180 g/mol. The molecule has 1 heterocycles. The lowest BCUT2D eigenvalue weighted by Crippen LogP contribution is -2.34. The molecule has 1 fully saturated rings. The first-order valence-corrected chi connectivity index (χ1v) is 5.63. The van der Waals surface area contributed by atoms with Crippen molar-refractivity contribution in [2.75, 3.05) is 0 Å². The van der Waals surface area contributed by atoms with Crippen molar-refractivity contribution in [1.29, 1.82) is 0 Å². The fraction of sp³-hybridized carbons (Fsp3) is 0.545. The fourth-order valence-corrected chi connectivity index (χ4v) is 3.08. The minimum Gasteiger partial charge on any atom is -0.299 e. The first-order valence-electron chi connectivity index (χ1n) is 4.81. The van der Waals surface area contributed by atoms with Crippen molar-refractivity contribution in [2.45, 2.75) is 32.6 Å². The molecule has 0 N–H and O–H groups in total. The van der Waals surface area contributed by atoms with Crippen molar-refractivity contribution < 1.29 is 4.79 Å². The molecule has 1 aromatic rings. The third kappa shape index (κ3) is 1.44. The zero-order valence-corrected chi connectivity index (χ0v) is 8.86. The maximum Gasteiger partial charge on any atom is 0.137 e. The van der Waals surface area contributed by atoms with Gasteiger partial charge in [0.25, 0.3) is 0 Å². The van der Waals surface area contributed by atoms with E-state index >= 15 is 0 Å². The number of carbonyl (C=O) groups excluding carboxylic acids is 1. The number of rotatable bonds is 2. The van der Waals surface area contributed by atoms with Crippen molar-refractivity contribution in [1.82, 2.24) is 0 Å². The number of hydrogen-bond donors (Lipinski definition) is 0. The van der Waals surface area contributed by atoms with Crippen molar-refractivity contribution in [3.8, 4) is 0 Å². The second kappa shape index (κ2) is 3.26. The number of hydrogen-bond acceptors (Lipinski definition) is 2. The van der Waals surface area contributed by atoms with Crippen LogP contribution in [-0.2, 0) is 4.79 Å². The Hall–Kier alpha value is -0.630. The van der Waals surface area contributed by atoms with Crippen LogP contribution in [0.2, 0.25) is 0 Å². The largest absolute Gasteiger partial charge is 0.299 e. The maximum atomic E-state index is 11.3. The van der Waals surface area contributed by atoms with E-state index in [4.69, 9.17) is 0 Å². The van der Waals surface area contributed by atoms with E-state index in [1.54, 1.807) is 0 Å². The number of thiophene rings is 1. The van der Waals surface area contributed by atoms with Crippen molar-refractivity contribution >= 4 is 17.1 Å². The van der Waals surface area contributed by atoms with Crippen LogP contribution in [0.3, 0.4) is 0 Å². The van der Waals surface area contributed by atoms with Gasteiger partial charge in [0.15, 0.2) is 0 Å². The van der Waals surface area contributed by atoms with E-state index in [0.29, 0.717) is 17.6 Å². The van der Waals surface area contributed by atoms with Crippen LogP contribution in [0.4, 0.5) is 0 Å². The third-order valence-electron chi connectivity index (χ3n) is 2.89. The molecule has 1 nitrogen and oxygen atoms in total. The standard InChI is InChI=1S/C11H14OS/c1-3-8-9(6-10(8)12)11-5-4-7(2)13-11/h4-5,8-9H,3,6H2,1-2H3. The Labute approximate surface area is 82.8 Å². The lowest BCUT2D eigenvalue weighted by molar-refractivity contribution is -0.130. The Morgan fingerprint density at radius 1 is 1.54 bits per heavy atom. The lowest BCUT2D eigenvalue weighted by Gasteiger charge is -2.33. The molecule has 2 rings (SSSR count). The van der Waals surface area contributed by atoms with E-state index in [0.717, 1.165) is 12.8 Å². The second-order valence-corrected chi connectivity index (χ2v) is 5.06. The van der Waals surface area contributed by atoms with Crippen LogP contribution in [0.15, 0.2) is 12.1 Å². The molecule has 2 unspecified atom stereocenters. The highest BCUT2D eigenvalue weighted by molar-refractivity contribution is 7.12. The molecule has 70 valence electrons. The molecule has 13 heavy (non-hydrogen) atoms. The first kappa shape index (κ1) is 8.95. The van der Waals surface area contributed by atoms with Crippen molar-refractivity contribution in [3.05, 3.63) is 21.9 Å². The van der Waals surface area contributed by atoms with Crippen LogP contribution in [0.25, 0.3) is 0 Å². The van der Waals surface area contributed by atoms with Gasteiger partial charge in [-0.25, -0.2) is 0 Å². The van der Waals surface area contributed by atoms with Crippen LogP contribution in [0, 0.1) is 12.8 Å². The van der Waals surface area contributed by atoms with E-state index in [-0.39, 0.29) is 0 Å². The first-order chi connectivity index (χ1) is 6.22. The van der Waals surface area contributed by atoms with Crippen LogP contribution >= 0.6 is 11.3 Å². The normalized spacial score (nSPS) is 27.4. The molecule has 2 atom stereocenters. The summed E-state index contributed by atoms with van der Waals surface area (Å²) in [5.41, 5.74) is 0. The van der Waals surface area contributed by atoms with E-state index in [1.807, 2.05) is 11.3 Å². The van der Waals surface area contributed by atoms with Gasteiger partial charge in [0, 0.05) is 28.0 Å². The van der Waals surface area contributed by atoms with Gasteiger partial charge in [0.1, 0.15) is 5.78 Å². The highest BCUT2D eigenvalue weighted by atomic mass is 32.1. The minimum atomic E-state index is 0.318. The summed E-state index contributed by atoms with van der Waals surface area (Å²) in [6, 6.07) is 4.33. The predicted molar refractivity (Wildman–Crippen MR) is 55.2 cm³/mol. The summed E-state index contributed by atoms with van der Waals surface area (Å²) in [5, 5.41) is 0. The molecule has 0 bridgehead atoms. The summed E-state index contributed by atoms with van der Waals surface area (Å²) < 4.78 is 0. The zero-order chi connectivity index (χ0) is 9.42. The summed E-state index contributed by atoms with van der Waals surface area (Å²) in [6.45, 7) is 4.23. The molecule has 0 saturated heterocycles. The van der Waals surface area contributed by atoms with Crippen LogP contribution in [-0.4, -0.2) is 5.78 Å². The molecule has 1 aliphatic carbocycles. The second-order valence-electron chi connectivity index (χ2n) is 3.74. The predicted octanol–water partition coefficient (Wildman–Crippen LogP) is 3.14. The number of Topliss-reactive ketones (excluding diaryl/α,β-unsaturated/α-hetero) is 1. The molecule has 0 spiro atoms. The van der Waals surface area contributed by atoms with Crippen LogP contribution in [0.5, 0.6) is 0 Å². The molecule has 2 heteroatoms. The number of carbonyl (C=O) groups is 1. The summed E-state index contributed by atoms with van der Waals surface area (Å²) in [7, 11) is 0. The summed E-state index contributed by atoms with van der Waals surface area (Å²) in [6.07, 6.45) is 1.78. The minimum absolute atomic E-state index is 0.318. The zero-order valence-electron chi connectivity index (χ0n) is 8.04. The Kier molecular flexibility index (Phi) is 2.24. The van der Waals surface area contributed by atoms with Gasteiger partial charge < -0.3 is 0 Å². The van der Waals surface area contributed by atoms with Gasteiger partial charge >= 0.3 is 0 Å². The van der Waals surface area contributed by atoms with Gasteiger partial charge in [-0.2, -0.15) is 0 Å². The topological polar surface area (TPSA) is 17.1 Å². The number of ketones is 1. The Bertz CT molecular complexity index is 327. The van der Waals surface area contributed by atoms with Crippen LogP contribution < -0.4 is 0 Å². The molecule has 1 aliphatic rings. The Morgan fingerprint density at radius 3 is 2.77 bits per heavy atom. The summed E-state index contributed by atoms with van der Waals surface area (Å²) in [4.78, 5) is 14.0. The van der Waals surface area contributed by atoms with Gasteiger partial charge in [0.05, 0.1) is 0 Å². The summed E-state index contributed by atoms with van der Waals surface area (Å²) >= 11 is 1.84. The van der Waals surface area contributed by atoms with Crippen LogP contribution in [0.1, 0.15) is 35.4 Å². The third-order valence-corrected chi connectivity index (χ3v) is 4.02. The molecule has 1 aromatic heterocycles. The average Bonchev–Trinajstić information content (AvgIpc) is 2.48. The quantitative estimate of drug-likeness (QED) is 0.707. The van der Waals surface area contributed by atoms with E-state index < -0.39 is 0 Å². The number of aryl methyl sites for hydroxylation is 1. The molecule has 1 saturated carbocycles. The van der Waals surface area contributed by atoms with Crippen molar-refractivity contribution in [2.24, 2.45) is 5.92 Å². The Balaban J connectivity index is 2.15. The highest BCUT2D eigenvalue weighted by Gasteiger charge is 2.39. The maximum absolute atomic E-state index is 11.3. The molecule has 0 aromatic carbocycles. The van der Waals surface area contributed by atoms with Gasteiger partial charge in [-0.05, 0) is 25.5 Å². The van der Waals surface area contributed by atoms with Gasteiger partial charge in [-0.1, -0.05) is 6.92 Å². The molecule has 0 aliphatic heterocycles. The fourth-order valence-electron chi connectivity index (χ4n) is 2.04. The molecule has 0 radical (unpaired) electrons. The Morgan fingerprint density at radius 2 is 2.31 bits per heavy atom.